The summed E-state index contributed by atoms with van der Waals surface area (Å²) in [5.74, 6) is -1.74. The molecule has 1 aliphatic heterocycles. The van der Waals surface area contributed by atoms with Crippen molar-refractivity contribution in [1.82, 2.24) is 14.4 Å². The molecule has 1 fully saturated rings. The fourth-order valence-corrected chi connectivity index (χ4v) is 3.88. The first-order chi connectivity index (χ1) is 12.8. The molecule has 1 aliphatic rings. The van der Waals surface area contributed by atoms with Crippen molar-refractivity contribution in [2.45, 2.75) is 12.8 Å². The van der Waals surface area contributed by atoms with Crippen LogP contribution in [0, 0.1) is 5.92 Å². The molecule has 3 rings (SSSR count). The fraction of sp³-hybridized carbons (Fsp3) is 0.421. The summed E-state index contributed by atoms with van der Waals surface area (Å²) in [4.78, 5) is 39.4. The highest BCUT2D eigenvalue weighted by Gasteiger charge is 2.29. The standard InChI is InChI=1S/C19H22ClN3O4/c1-21(11-15(24)23-9-7-12(8-10-23)19(26)27)18(25)17-16(20)13-5-3-4-6-14(13)22(17)2/h3-6,12H,7-11H2,1-2H3,(H,26,27). The Labute approximate surface area is 162 Å². The van der Waals surface area contributed by atoms with Gasteiger partial charge in [0.2, 0.25) is 5.91 Å². The van der Waals surface area contributed by atoms with E-state index in [2.05, 4.69) is 0 Å². The van der Waals surface area contributed by atoms with Gasteiger partial charge in [0.1, 0.15) is 5.69 Å². The lowest BCUT2D eigenvalue weighted by molar-refractivity contribution is -0.145. The molecular formula is C19H22ClN3O4. The number of para-hydroxylation sites is 1. The molecule has 2 amide bonds. The molecule has 2 aromatic rings. The number of aliphatic carboxylic acids is 1. The van der Waals surface area contributed by atoms with Gasteiger partial charge in [0, 0.05) is 38.1 Å². The predicted octanol–water partition coefficient (Wildman–Crippen LogP) is 2.23. The quantitative estimate of drug-likeness (QED) is 0.866. The number of nitrogens with zero attached hydrogens (tertiary/aromatic N) is 3. The van der Waals surface area contributed by atoms with Crippen LogP contribution in [0.1, 0.15) is 23.3 Å². The number of piperidine rings is 1. The van der Waals surface area contributed by atoms with Crippen molar-refractivity contribution in [3.63, 3.8) is 0 Å². The van der Waals surface area contributed by atoms with E-state index in [9.17, 15) is 14.4 Å². The van der Waals surface area contributed by atoms with Crippen LogP contribution in [0.4, 0.5) is 0 Å². The van der Waals surface area contributed by atoms with Crippen LogP contribution >= 0.6 is 11.6 Å². The number of carboxylic acids is 1. The Morgan fingerprint density at radius 1 is 1.22 bits per heavy atom. The monoisotopic (exact) mass is 391 g/mol. The van der Waals surface area contributed by atoms with Crippen molar-refractivity contribution < 1.29 is 19.5 Å². The molecule has 0 atom stereocenters. The number of carbonyl (C=O) groups is 3. The molecule has 1 aromatic heterocycles. The molecule has 0 radical (unpaired) electrons. The van der Waals surface area contributed by atoms with Crippen molar-refractivity contribution >= 4 is 40.3 Å². The van der Waals surface area contributed by atoms with Crippen LogP contribution in [-0.2, 0) is 16.6 Å². The normalized spacial score (nSPS) is 15.1. The summed E-state index contributed by atoms with van der Waals surface area (Å²) < 4.78 is 1.74. The summed E-state index contributed by atoms with van der Waals surface area (Å²) in [5.41, 5.74) is 1.19. The SMILES string of the molecule is CN(CC(=O)N1CCC(C(=O)O)CC1)C(=O)c1c(Cl)c2ccccc2n1C. The summed E-state index contributed by atoms with van der Waals surface area (Å²) in [6, 6.07) is 7.47. The van der Waals surface area contributed by atoms with Gasteiger partial charge in [0.05, 0.1) is 17.5 Å². The molecule has 0 unspecified atom stereocenters. The molecule has 144 valence electrons. The number of halogens is 1. The Morgan fingerprint density at radius 3 is 2.44 bits per heavy atom. The van der Waals surface area contributed by atoms with Gasteiger partial charge < -0.3 is 19.5 Å². The minimum atomic E-state index is -0.820. The molecule has 2 heterocycles. The van der Waals surface area contributed by atoms with Crippen molar-refractivity contribution in [3.05, 3.63) is 35.0 Å². The summed E-state index contributed by atoms with van der Waals surface area (Å²) in [7, 11) is 3.34. The highest BCUT2D eigenvalue weighted by molar-refractivity contribution is 6.38. The second-order valence-electron chi connectivity index (χ2n) is 6.89. The van der Waals surface area contributed by atoms with Gasteiger partial charge in [-0.25, -0.2) is 0 Å². The van der Waals surface area contributed by atoms with Gasteiger partial charge in [-0.15, -0.1) is 0 Å². The van der Waals surface area contributed by atoms with E-state index in [-0.39, 0.29) is 18.4 Å². The van der Waals surface area contributed by atoms with E-state index in [1.54, 1.807) is 23.6 Å². The van der Waals surface area contributed by atoms with Crippen molar-refractivity contribution in [2.24, 2.45) is 13.0 Å². The van der Waals surface area contributed by atoms with Gasteiger partial charge in [0.25, 0.3) is 5.91 Å². The summed E-state index contributed by atoms with van der Waals surface area (Å²) in [6.07, 6.45) is 0.877. The number of benzene rings is 1. The van der Waals surface area contributed by atoms with Gasteiger partial charge in [0.15, 0.2) is 0 Å². The van der Waals surface area contributed by atoms with E-state index in [1.807, 2.05) is 24.3 Å². The zero-order chi connectivity index (χ0) is 19.7. The Morgan fingerprint density at radius 2 is 1.85 bits per heavy atom. The number of likely N-dealkylation sites (tertiary alicyclic amines) is 1. The lowest BCUT2D eigenvalue weighted by atomic mass is 9.97. The largest absolute Gasteiger partial charge is 0.481 e. The van der Waals surface area contributed by atoms with Crippen LogP contribution in [0.5, 0.6) is 0 Å². The van der Waals surface area contributed by atoms with Crippen LogP contribution in [0.15, 0.2) is 24.3 Å². The third-order valence-electron chi connectivity index (χ3n) is 5.16. The molecule has 0 spiro atoms. The molecule has 7 nitrogen and oxygen atoms in total. The van der Waals surface area contributed by atoms with Gasteiger partial charge in [-0.1, -0.05) is 29.8 Å². The molecule has 1 N–H and O–H groups in total. The maximum atomic E-state index is 12.9. The number of aromatic nitrogens is 1. The minimum Gasteiger partial charge on any atom is -0.481 e. The number of carbonyl (C=O) groups excluding carboxylic acids is 2. The number of aryl methyl sites for hydroxylation is 1. The first kappa shape index (κ1) is 19.2. The zero-order valence-corrected chi connectivity index (χ0v) is 16.1. The average Bonchev–Trinajstić information content (AvgIpc) is 2.92. The van der Waals surface area contributed by atoms with E-state index < -0.39 is 11.9 Å². The number of rotatable bonds is 4. The smallest absolute Gasteiger partial charge is 0.306 e. The fourth-order valence-electron chi connectivity index (χ4n) is 3.52. The van der Waals surface area contributed by atoms with E-state index in [0.29, 0.717) is 36.6 Å². The number of fused-ring (bicyclic) bond motifs is 1. The summed E-state index contributed by atoms with van der Waals surface area (Å²) in [5, 5.41) is 10.2. The lowest BCUT2D eigenvalue weighted by Crippen LogP contribution is -2.45. The maximum absolute atomic E-state index is 12.9. The minimum absolute atomic E-state index is 0.0750. The molecule has 8 heteroatoms. The predicted molar refractivity (Wildman–Crippen MR) is 102 cm³/mol. The second kappa shape index (κ2) is 7.60. The second-order valence-corrected chi connectivity index (χ2v) is 7.27. The Bertz CT molecular complexity index is 861. The Balaban J connectivity index is 1.70. The Hall–Kier alpha value is -2.54. The van der Waals surface area contributed by atoms with Crippen LogP contribution in [0.25, 0.3) is 10.9 Å². The molecule has 1 aromatic carbocycles. The number of hydrogen-bond acceptors (Lipinski definition) is 3. The van der Waals surface area contributed by atoms with Crippen molar-refractivity contribution in [3.8, 4) is 0 Å². The van der Waals surface area contributed by atoms with Crippen LogP contribution in [0.3, 0.4) is 0 Å². The van der Waals surface area contributed by atoms with Crippen LogP contribution in [-0.4, -0.2) is 63.9 Å². The summed E-state index contributed by atoms with van der Waals surface area (Å²) in [6.45, 7) is 0.716. The van der Waals surface area contributed by atoms with Crippen molar-refractivity contribution in [1.29, 1.82) is 0 Å². The average molecular weight is 392 g/mol. The molecule has 1 saturated heterocycles. The number of carboxylic acid groups (broad SMARTS) is 1. The van der Waals surface area contributed by atoms with E-state index in [0.717, 1.165) is 10.9 Å². The maximum Gasteiger partial charge on any atom is 0.306 e. The number of hydrogen-bond donors (Lipinski definition) is 1. The van der Waals surface area contributed by atoms with Gasteiger partial charge >= 0.3 is 5.97 Å². The van der Waals surface area contributed by atoms with Crippen molar-refractivity contribution in [2.75, 3.05) is 26.7 Å². The highest BCUT2D eigenvalue weighted by Crippen LogP contribution is 2.30. The lowest BCUT2D eigenvalue weighted by Gasteiger charge is -2.31. The molecule has 27 heavy (non-hydrogen) atoms. The summed E-state index contributed by atoms with van der Waals surface area (Å²) >= 11 is 6.41. The first-order valence-electron chi connectivity index (χ1n) is 8.80. The molecule has 0 saturated carbocycles. The third-order valence-corrected chi connectivity index (χ3v) is 5.55. The highest BCUT2D eigenvalue weighted by atomic mass is 35.5. The molecule has 0 bridgehead atoms. The van der Waals surface area contributed by atoms with Gasteiger partial charge in [-0.05, 0) is 18.9 Å². The molecular weight excluding hydrogens is 370 g/mol. The van der Waals surface area contributed by atoms with E-state index >= 15 is 0 Å². The topological polar surface area (TPSA) is 82.9 Å². The van der Waals surface area contributed by atoms with Crippen LogP contribution < -0.4 is 0 Å². The van der Waals surface area contributed by atoms with E-state index in [1.165, 1.54) is 4.90 Å². The molecule has 0 aliphatic carbocycles. The zero-order valence-electron chi connectivity index (χ0n) is 15.3. The number of likely N-dealkylation sites (N-methyl/N-ethyl adjacent to an activating group) is 1. The van der Waals surface area contributed by atoms with Gasteiger partial charge in [-0.2, -0.15) is 0 Å². The van der Waals surface area contributed by atoms with E-state index in [4.69, 9.17) is 16.7 Å². The third kappa shape index (κ3) is 3.64. The first-order valence-corrected chi connectivity index (χ1v) is 9.18. The van der Waals surface area contributed by atoms with Crippen LogP contribution in [0.2, 0.25) is 5.02 Å². The van der Waals surface area contributed by atoms with Gasteiger partial charge in [-0.3, -0.25) is 14.4 Å². The number of amides is 2. The Kier molecular flexibility index (Phi) is 5.41.